The summed E-state index contributed by atoms with van der Waals surface area (Å²) in [6, 6.07) is 6.86. The Bertz CT molecular complexity index is 807. The predicted octanol–water partition coefficient (Wildman–Crippen LogP) is 1.62. The van der Waals surface area contributed by atoms with E-state index in [9.17, 15) is 8.42 Å². The lowest BCUT2D eigenvalue weighted by molar-refractivity contribution is 0.354. The van der Waals surface area contributed by atoms with Crippen LogP contribution in [0.5, 0.6) is 5.88 Å². The summed E-state index contributed by atoms with van der Waals surface area (Å²) in [5, 5.41) is 4.62. The van der Waals surface area contributed by atoms with E-state index in [1.807, 2.05) is 13.0 Å². The van der Waals surface area contributed by atoms with Crippen LogP contribution in [-0.4, -0.2) is 50.5 Å². The molecule has 1 aromatic heterocycles. The van der Waals surface area contributed by atoms with Crippen LogP contribution < -0.4 is 10.1 Å². The number of nitrogens with zero attached hydrogens (tertiary/aromatic N) is 2. The molecular formula is C16H21N3O3S. The van der Waals surface area contributed by atoms with Crippen LogP contribution >= 0.6 is 0 Å². The lowest BCUT2D eigenvalue weighted by atomic mass is 10.2. The number of hydrogen-bond donors (Lipinski definition) is 1. The molecule has 0 unspecified atom stereocenters. The molecule has 1 aliphatic heterocycles. The van der Waals surface area contributed by atoms with Gasteiger partial charge in [0.05, 0.1) is 12.0 Å². The number of rotatable bonds is 3. The summed E-state index contributed by atoms with van der Waals surface area (Å²) in [5.74, 6) is 0.435. The molecule has 6 nitrogen and oxygen atoms in total. The molecule has 23 heavy (non-hydrogen) atoms. The zero-order valence-electron chi connectivity index (χ0n) is 13.3. The molecule has 0 spiro atoms. The Labute approximate surface area is 136 Å². The second kappa shape index (κ2) is 6.43. The topological polar surface area (TPSA) is 71.5 Å². The molecule has 1 saturated heterocycles. The lowest BCUT2D eigenvalue weighted by Crippen LogP contribution is -2.41. The smallest absolute Gasteiger partial charge is 0.243 e. The first kappa shape index (κ1) is 16.2. The SMILES string of the molecule is COc1nccc2c(S(=O)(=O)N3CCCNC[C@H]3C)cccc12. The summed E-state index contributed by atoms with van der Waals surface area (Å²) in [6.07, 6.45) is 2.38. The molecule has 2 heterocycles. The van der Waals surface area contributed by atoms with E-state index in [4.69, 9.17) is 4.74 Å². The average Bonchev–Trinajstić information content (AvgIpc) is 2.78. The zero-order chi connectivity index (χ0) is 16.4. The van der Waals surface area contributed by atoms with Crippen molar-refractivity contribution in [3.8, 4) is 5.88 Å². The van der Waals surface area contributed by atoms with E-state index in [1.165, 1.54) is 7.11 Å². The molecule has 0 saturated carbocycles. The minimum atomic E-state index is -3.58. The van der Waals surface area contributed by atoms with Gasteiger partial charge in [-0.2, -0.15) is 4.31 Å². The van der Waals surface area contributed by atoms with Gasteiger partial charge in [-0.1, -0.05) is 6.07 Å². The Kier molecular flexibility index (Phi) is 4.52. The summed E-state index contributed by atoms with van der Waals surface area (Å²) in [4.78, 5) is 4.46. The van der Waals surface area contributed by atoms with Crippen molar-refractivity contribution >= 4 is 20.8 Å². The van der Waals surface area contributed by atoms with Crippen molar-refractivity contribution in [2.45, 2.75) is 24.3 Å². The van der Waals surface area contributed by atoms with Crippen LogP contribution in [0.25, 0.3) is 10.8 Å². The van der Waals surface area contributed by atoms with Crippen molar-refractivity contribution in [3.63, 3.8) is 0 Å². The van der Waals surface area contributed by atoms with Crippen molar-refractivity contribution in [1.29, 1.82) is 0 Å². The van der Waals surface area contributed by atoms with Crippen molar-refractivity contribution in [1.82, 2.24) is 14.6 Å². The van der Waals surface area contributed by atoms with Gasteiger partial charge in [0.2, 0.25) is 15.9 Å². The number of methoxy groups -OCH3 is 1. The fourth-order valence-electron chi connectivity index (χ4n) is 3.02. The van der Waals surface area contributed by atoms with Crippen LogP contribution in [-0.2, 0) is 10.0 Å². The highest BCUT2D eigenvalue weighted by Crippen LogP contribution is 2.30. The molecule has 0 aliphatic carbocycles. The minimum Gasteiger partial charge on any atom is -0.481 e. The predicted molar refractivity (Wildman–Crippen MR) is 89.1 cm³/mol. The van der Waals surface area contributed by atoms with Gasteiger partial charge in [0.1, 0.15) is 0 Å². The second-order valence-corrected chi connectivity index (χ2v) is 7.55. The van der Waals surface area contributed by atoms with E-state index < -0.39 is 10.0 Å². The van der Waals surface area contributed by atoms with Gasteiger partial charge >= 0.3 is 0 Å². The van der Waals surface area contributed by atoms with Crippen LogP contribution in [0.3, 0.4) is 0 Å². The Morgan fingerprint density at radius 1 is 1.30 bits per heavy atom. The van der Waals surface area contributed by atoms with Gasteiger partial charge in [0, 0.05) is 36.1 Å². The molecular weight excluding hydrogens is 314 g/mol. The number of nitrogens with one attached hydrogen (secondary N) is 1. The molecule has 1 N–H and O–H groups in total. The number of fused-ring (bicyclic) bond motifs is 1. The van der Waals surface area contributed by atoms with Gasteiger partial charge in [-0.3, -0.25) is 0 Å². The number of pyridine rings is 1. The number of sulfonamides is 1. The highest BCUT2D eigenvalue weighted by Gasteiger charge is 2.31. The van der Waals surface area contributed by atoms with E-state index in [0.717, 1.165) is 13.0 Å². The zero-order valence-corrected chi connectivity index (χ0v) is 14.1. The van der Waals surface area contributed by atoms with E-state index in [2.05, 4.69) is 10.3 Å². The average molecular weight is 335 g/mol. The van der Waals surface area contributed by atoms with Gasteiger partial charge < -0.3 is 10.1 Å². The molecule has 0 amide bonds. The van der Waals surface area contributed by atoms with Crippen molar-refractivity contribution < 1.29 is 13.2 Å². The van der Waals surface area contributed by atoms with Crippen LogP contribution in [0.1, 0.15) is 13.3 Å². The maximum Gasteiger partial charge on any atom is 0.243 e. The molecule has 124 valence electrons. The van der Waals surface area contributed by atoms with Crippen LogP contribution in [0.2, 0.25) is 0 Å². The maximum absolute atomic E-state index is 13.2. The van der Waals surface area contributed by atoms with Crippen molar-refractivity contribution in [3.05, 3.63) is 30.5 Å². The molecule has 0 radical (unpaired) electrons. The quantitative estimate of drug-likeness (QED) is 0.923. The standard InChI is InChI=1S/C16H21N3O3S/c1-12-11-17-8-4-10-19(12)23(20,21)15-6-3-5-14-13(15)7-9-18-16(14)22-2/h3,5-7,9,12,17H,4,8,10-11H2,1-2H3/t12-/m1/s1. The first-order chi connectivity index (χ1) is 11.1. The van der Waals surface area contributed by atoms with E-state index in [0.29, 0.717) is 34.6 Å². The fourth-order valence-corrected chi connectivity index (χ4v) is 4.89. The summed E-state index contributed by atoms with van der Waals surface area (Å²) in [7, 11) is -2.04. The Morgan fingerprint density at radius 2 is 2.13 bits per heavy atom. The Morgan fingerprint density at radius 3 is 2.91 bits per heavy atom. The first-order valence-electron chi connectivity index (χ1n) is 7.70. The van der Waals surface area contributed by atoms with Crippen LogP contribution in [0.4, 0.5) is 0 Å². The largest absolute Gasteiger partial charge is 0.481 e. The van der Waals surface area contributed by atoms with Crippen molar-refractivity contribution in [2.24, 2.45) is 0 Å². The highest BCUT2D eigenvalue weighted by atomic mass is 32.2. The highest BCUT2D eigenvalue weighted by molar-refractivity contribution is 7.89. The summed E-state index contributed by atoms with van der Waals surface area (Å²) < 4.78 is 33.2. The monoisotopic (exact) mass is 335 g/mol. The maximum atomic E-state index is 13.2. The molecule has 7 heteroatoms. The van der Waals surface area contributed by atoms with E-state index in [-0.39, 0.29) is 6.04 Å². The minimum absolute atomic E-state index is 0.0820. The first-order valence-corrected chi connectivity index (χ1v) is 9.14. The Balaban J connectivity index is 2.15. The van der Waals surface area contributed by atoms with E-state index >= 15 is 0 Å². The number of aromatic nitrogens is 1. The third kappa shape index (κ3) is 2.91. The van der Waals surface area contributed by atoms with Gasteiger partial charge in [0.15, 0.2) is 0 Å². The molecule has 1 aliphatic rings. The van der Waals surface area contributed by atoms with Crippen molar-refractivity contribution in [2.75, 3.05) is 26.7 Å². The molecule has 2 aromatic rings. The normalized spacial score (nSPS) is 20.3. The number of hydrogen-bond acceptors (Lipinski definition) is 5. The third-order valence-corrected chi connectivity index (χ3v) is 6.24. The molecule has 0 bridgehead atoms. The van der Waals surface area contributed by atoms with Crippen LogP contribution in [0.15, 0.2) is 35.4 Å². The fraction of sp³-hybridized carbons (Fsp3) is 0.438. The van der Waals surface area contributed by atoms with E-state index in [1.54, 1.807) is 28.7 Å². The van der Waals surface area contributed by atoms with Gasteiger partial charge in [-0.25, -0.2) is 13.4 Å². The molecule has 1 fully saturated rings. The van der Waals surface area contributed by atoms with Crippen LogP contribution in [0, 0.1) is 0 Å². The Hall–Kier alpha value is -1.70. The lowest BCUT2D eigenvalue weighted by Gasteiger charge is -2.26. The molecule has 3 rings (SSSR count). The van der Waals surface area contributed by atoms with Gasteiger partial charge in [0.25, 0.3) is 0 Å². The molecule has 1 aromatic carbocycles. The molecule has 1 atom stereocenters. The summed E-state index contributed by atoms with van der Waals surface area (Å²) in [6.45, 7) is 3.96. The summed E-state index contributed by atoms with van der Waals surface area (Å²) in [5.41, 5.74) is 0. The number of benzene rings is 1. The number of ether oxygens (including phenoxy) is 1. The third-order valence-electron chi connectivity index (χ3n) is 4.17. The second-order valence-electron chi connectivity index (χ2n) is 5.69. The summed E-state index contributed by atoms with van der Waals surface area (Å²) >= 11 is 0. The van der Waals surface area contributed by atoms with Gasteiger partial charge in [-0.15, -0.1) is 0 Å². The van der Waals surface area contributed by atoms with Gasteiger partial charge in [-0.05, 0) is 38.1 Å².